The van der Waals surface area contributed by atoms with Crippen molar-refractivity contribution in [1.82, 2.24) is 0 Å². The van der Waals surface area contributed by atoms with Crippen LogP contribution in [-0.4, -0.2) is 14.2 Å². The number of hydrogen-bond donors (Lipinski definition) is 0. The standard InChI is InChI=1S/C11H13ClO3S/c1-11(2,3)10(13)8-4-6-9(7-5-8)16(12,14)15/h4-7H,1-3H3. The summed E-state index contributed by atoms with van der Waals surface area (Å²) in [6.45, 7) is 5.42. The molecule has 0 heterocycles. The summed E-state index contributed by atoms with van der Waals surface area (Å²) in [5.41, 5.74) is -0.00183. The fourth-order valence-corrected chi connectivity index (χ4v) is 1.97. The summed E-state index contributed by atoms with van der Waals surface area (Å²) in [5.74, 6) is -0.0361. The predicted molar refractivity (Wildman–Crippen MR) is 63.3 cm³/mol. The van der Waals surface area contributed by atoms with Gasteiger partial charge >= 0.3 is 0 Å². The van der Waals surface area contributed by atoms with E-state index in [0.717, 1.165) is 0 Å². The Kier molecular flexibility index (Phi) is 3.45. The fraction of sp³-hybridized carbons (Fsp3) is 0.364. The van der Waals surface area contributed by atoms with E-state index in [4.69, 9.17) is 10.7 Å². The van der Waals surface area contributed by atoms with E-state index < -0.39 is 14.5 Å². The number of benzene rings is 1. The molecule has 1 rings (SSSR count). The van der Waals surface area contributed by atoms with Gasteiger partial charge in [-0.3, -0.25) is 4.79 Å². The van der Waals surface area contributed by atoms with Gasteiger partial charge in [-0.25, -0.2) is 8.42 Å². The highest BCUT2D eigenvalue weighted by Crippen LogP contribution is 2.22. The van der Waals surface area contributed by atoms with E-state index in [2.05, 4.69) is 0 Å². The quantitative estimate of drug-likeness (QED) is 0.607. The van der Waals surface area contributed by atoms with Gasteiger partial charge in [-0.15, -0.1) is 0 Å². The van der Waals surface area contributed by atoms with Gasteiger partial charge in [0.25, 0.3) is 9.05 Å². The molecule has 88 valence electrons. The van der Waals surface area contributed by atoms with E-state index in [1.807, 2.05) is 20.8 Å². The predicted octanol–water partition coefficient (Wildman–Crippen LogP) is 2.84. The van der Waals surface area contributed by atoms with Crippen molar-refractivity contribution in [3.05, 3.63) is 29.8 Å². The number of rotatable bonds is 2. The number of hydrogen-bond acceptors (Lipinski definition) is 3. The number of ketones is 1. The van der Waals surface area contributed by atoms with Crippen LogP contribution in [-0.2, 0) is 9.05 Å². The number of halogens is 1. The van der Waals surface area contributed by atoms with Crippen LogP contribution in [0, 0.1) is 5.41 Å². The summed E-state index contributed by atoms with van der Waals surface area (Å²) < 4.78 is 22.0. The van der Waals surface area contributed by atoms with Crippen LogP contribution in [0.5, 0.6) is 0 Å². The number of carbonyl (C=O) groups is 1. The third-order valence-corrected chi connectivity index (χ3v) is 3.45. The van der Waals surface area contributed by atoms with Crippen LogP contribution in [0.15, 0.2) is 29.2 Å². The molecule has 3 nitrogen and oxygen atoms in total. The Hall–Kier alpha value is -0.870. The molecule has 0 amide bonds. The molecule has 5 heteroatoms. The zero-order valence-electron chi connectivity index (χ0n) is 9.32. The zero-order valence-corrected chi connectivity index (χ0v) is 10.9. The summed E-state index contributed by atoms with van der Waals surface area (Å²) in [4.78, 5) is 11.8. The summed E-state index contributed by atoms with van der Waals surface area (Å²) in [6.07, 6.45) is 0. The van der Waals surface area contributed by atoms with E-state index in [-0.39, 0.29) is 10.7 Å². The van der Waals surface area contributed by atoms with E-state index in [9.17, 15) is 13.2 Å². The maximum absolute atomic E-state index is 11.8. The first kappa shape index (κ1) is 13.2. The van der Waals surface area contributed by atoms with Gasteiger partial charge in [-0.05, 0) is 12.1 Å². The smallest absolute Gasteiger partial charge is 0.261 e. The summed E-state index contributed by atoms with van der Waals surface area (Å²) in [7, 11) is 1.45. The minimum absolute atomic E-state index is 0.000346. The topological polar surface area (TPSA) is 51.2 Å². The minimum Gasteiger partial charge on any atom is -0.294 e. The third kappa shape index (κ3) is 3.06. The molecule has 0 unspecified atom stereocenters. The van der Waals surface area contributed by atoms with E-state index in [1.165, 1.54) is 24.3 Å². The monoisotopic (exact) mass is 260 g/mol. The largest absolute Gasteiger partial charge is 0.294 e. The lowest BCUT2D eigenvalue weighted by Gasteiger charge is -2.16. The van der Waals surface area contributed by atoms with Crippen LogP contribution in [0.25, 0.3) is 0 Å². The van der Waals surface area contributed by atoms with Gasteiger partial charge in [0, 0.05) is 21.7 Å². The maximum Gasteiger partial charge on any atom is 0.261 e. The van der Waals surface area contributed by atoms with Gasteiger partial charge in [-0.2, -0.15) is 0 Å². The van der Waals surface area contributed by atoms with Crippen molar-refractivity contribution in [2.45, 2.75) is 25.7 Å². The molecule has 0 aliphatic heterocycles. The lowest BCUT2D eigenvalue weighted by molar-refractivity contribution is 0.0858. The van der Waals surface area contributed by atoms with Crippen molar-refractivity contribution in [2.24, 2.45) is 5.41 Å². The summed E-state index contributed by atoms with van der Waals surface area (Å²) in [6, 6.07) is 5.62. The molecule has 0 aliphatic carbocycles. The van der Waals surface area contributed by atoms with Crippen LogP contribution in [0.1, 0.15) is 31.1 Å². The molecular weight excluding hydrogens is 248 g/mol. The molecule has 0 bridgehead atoms. The van der Waals surface area contributed by atoms with Crippen molar-refractivity contribution >= 4 is 25.5 Å². The van der Waals surface area contributed by atoms with Crippen LogP contribution in [0.2, 0.25) is 0 Å². The molecule has 0 saturated heterocycles. The molecule has 0 aliphatic rings. The Morgan fingerprint density at radius 1 is 1.12 bits per heavy atom. The molecule has 0 fully saturated rings. The van der Waals surface area contributed by atoms with E-state index >= 15 is 0 Å². The molecule has 16 heavy (non-hydrogen) atoms. The van der Waals surface area contributed by atoms with Gasteiger partial charge in [0.2, 0.25) is 0 Å². The second-order valence-corrected chi connectivity index (χ2v) is 7.11. The molecule has 1 aromatic carbocycles. The number of carbonyl (C=O) groups excluding carboxylic acids is 1. The zero-order chi connectivity index (χ0) is 12.6. The molecular formula is C11H13ClO3S. The third-order valence-electron chi connectivity index (χ3n) is 2.08. The van der Waals surface area contributed by atoms with Gasteiger partial charge < -0.3 is 0 Å². The first-order chi connectivity index (χ1) is 7.12. The average molecular weight is 261 g/mol. The van der Waals surface area contributed by atoms with Gasteiger partial charge in [-0.1, -0.05) is 32.9 Å². The second kappa shape index (κ2) is 4.18. The molecule has 0 N–H and O–H groups in total. The van der Waals surface area contributed by atoms with E-state index in [0.29, 0.717) is 5.56 Å². The highest BCUT2D eigenvalue weighted by Gasteiger charge is 2.23. The Morgan fingerprint density at radius 2 is 1.56 bits per heavy atom. The second-order valence-electron chi connectivity index (χ2n) is 4.54. The average Bonchev–Trinajstić information content (AvgIpc) is 2.14. The van der Waals surface area contributed by atoms with Crippen molar-refractivity contribution in [3.8, 4) is 0 Å². The van der Waals surface area contributed by atoms with Crippen molar-refractivity contribution in [3.63, 3.8) is 0 Å². The molecule has 0 spiro atoms. The molecule has 0 radical (unpaired) electrons. The molecule has 0 saturated carbocycles. The highest BCUT2D eigenvalue weighted by molar-refractivity contribution is 8.13. The summed E-state index contributed by atoms with van der Waals surface area (Å²) >= 11 is 0. The van der Waals surface area contributed by atoms with Crippen molar-refractivity contribution in [1.29, 1.82) is 0 Å². The van der Waals surface area contributed by atoms with Crippen molar-refractivity contribution < 1.29 is 13.2 Å². The Labute approximate surface area is 99.9 Å². The van der Waals surface area contributed by atoms with Gasteiger partial charge in [0.1, 0.15) is 0 Å². The van der Waals surface area contributed by atoms with Crippen LogP contribution >= 0.6 is 10.7 Å². The normalized spacial score (nSPS) is 12.5. The Balaban J connectivity index is 3.10. The van der Waals surface area contributed by atoms with Gasteiger partial charge in [0.05, 0.1) is 4.90 Å². The SMILES string of the molecule is CC(C)(C)C(=O)c1ccc(S(=O)(=O)Cl)cc1. The minimum atomic E-state index is -3.72. The van der Waals surface area contributed by atoms with E-state index in [1.54, 1.807) is 0 Å². The highest BCUT2D eigenvalue weighted by atomic mass is 35.7. The van der Waals surface area contributed by atoms with Crippen LogP contribution in [0.4, 0.5) is 0 Å². The lowest BCUT2D eigenvalue weighted by atomic mass is 9.87. The Morgan fingerprint density at radius 3 is 1.88 bits per heavy atom. The fourth-order valence-electron chi connectivity index (χ4n) is 1.20. The first-order valence-electron chi connectivity index (χ1n) is 4.72. The molecule has 0 aromatic heterocycles. The van der Waals surface area contributed by atoms with Crippen LogP contribution in [0.3, 0.4) is 0 Å². The Bertz CT molecular complexity index is 495. The summed E-state index contributed by atoms with van der Waals surface area (Å²) in [5, 5.41) is 0. The molecule has 1 aromatic rings. The first-order valence-corrected chi connectivity index (χ1v) is 7.03. The molecule has 0 atom stereocenters. The number of Topliss-reactive ketones (excluding diaryl/α,β-unsaturated/α-hetero) is 1. The van der Waals surface area contributed by atoms with Crippen LogP contribution < -0.4 is 0 Å². The van der Waals surface area contributed by atoms with Crippen molar-refractivity contribution in [2.75, 3.05) is 0 Å². The lowest BCUT2D eigenvalue weighted by Crippen LogP contribution is -2.20. The van der Waals surface area contributed by atoms with Gasteiger partial charge in [0.15, 0.2) is 5.78 Å². The maximum atomic E-state index is 11.8.